The third kappa shape index (κ3) is 4.40. The SMILES string of the molecule is N#C[B-]NCC#CC1=CCCCC1. The average molecular weight is 171 g/mol. The van der Waals surface area contributed by atoms with E-state index in [1.54, 1.807) is 0 Å². The Morgan fingerprint density at radius 3 is 3.15 bits per heavy atom. The molecule has 2 nitrogen and oxygen atoms in total. The summed E-state index contributed by atoms with van der Waals surface area (Å²) < 4.78 is 0. The van der Waals surface area contributed by atoms with Crippen molar-refractivity contribution < 1.29 is 0 Å². The third-order valence-electron chi connectivity index (χ3n) is 1.90. The van der Waals surface area contributed by atoms with Crippen LogP contribution in [0.1, 0.15) is 25.7 Å². The highest BCUT2D eigenvalue weighted by atomic mass is 14.7. The number of nitrogens with one attached hydrogen (secondary N) is 1. The number of rotatable bonds is 2. The van der Waals surface area contributed by atoms with E-state index in [9.17, 15) is 0 Å². The second-order valence-electron chi connectivity index (χ2n) is 2.93. The molecule has 0 fully saturated rings. The van der Waals surface area contributed by atoms with Crippen molar-refractivity contribution in [3.63, 3.8) is 0 Å². The molecule has 0 saturated carbocycles. The maximum Gasteiger partial charge on any atom is 0.0193 e. The highest BCUT2D eigenvalue weighted by Gasteiger charge is 1.98. The molecule has 0 aliphatic heterocycles. The van der Waals surface area contributed by atoms with Crippen LogP contribution in [0.4, 0.5) is 0 Å². The first kappa shape index (κ1) is 9.90. The minimum Gasteiger partial charge on any atom is -0.528 e. The molecule has 0 aromatic heterocycles. The van der Waals surface area contributed by atoms with Gasteiger partial charge in [-0.15, -0.1) is 7.41 Å². The van der Waals surface area contributed by atoms with Crippen LogP contribution in [0.25, 0.3) is 0 Å². The number of nitriles is 1. The largest absolute Gasteiger partial charge is 0.528 e. The van der Waals surface area contributed by atoms with Crippen molar-refractivity contribution in [2.45, 2.75) is 25.7 Å². The molecule has 2 radical (unpaired) electrons. The van der Waals surface area contributed by atoms with E-state index in [1.165, 1.54) is 32.3 Å². The summed E-state index contributed by atoms with van der Waals surface area (Å²) >= 11 is 0. The zero-order valence-electron chi connectivity index (χ0n) is 7.64. The first-order chi connectivity index (χ1) is 6.43. The van der Waals surface area contributed by atoms with Gasteiger partial charge in [0.15, 0.2) is 0 Å². The first-order valence-electron chi connectivity index (χ1n) is 4.56. The van der Waals surface area contributed by atoms with Crippen molar-refractivity contribution in [3.8, 4) is 17.8 Å². The lowest BCUT2D eigenvalue weighted by molar-refractivity contribution is 0.715. The first-order valence-corrected chi connectivity index (χ1v) is 4.56. The molecule has 0 amide bonds. The van der Waals surface area contributed by atoms with Gasteiger partial charge in [0.05, 0.1) is 0 Å². The number of hydrogen-bond donors (Lipinski definition) is 1. The highest BCUT2D eigenvalue weighted by Crippen LogP contribution is 2.15. The van der Waals surface area contributed by atoms with Crippen LogP contribution in [-0.4, -0.2) is 14.0 Å². The zero-order valence-corrected chi connectivity index (χ0v) is 7.64. The molecular weight excluding hydrogens is 159 g/mol. The minimum absolute atomic E-state index is 0.560. The maximum atomic E-state index is 8.19. The van der Waals surface area contributed by atoms with E-state index in [-0.39, 0.29) is 0 Å². The van der Waals surface area contributed by atoms with Gasteiger partial charge in [-0.3, -0.25) is 5.26 Å². The van der Waals surface area contributed by atoms with E-state index in [4.69, 9.17) is 5.26 Å². The van der Waals surface area contributed by atoms with Crippen LogP contribution in [0.3, 0.4) is 0 Å². The Morgan fingerprint density at radius 1 is 1.54 bits per heavy atom. The van der Waals surface area contributed by atoms with Crippen LogP contribution < -0.4 is 5.23 Å². The van der Waals surface area contributed by atoms with Gasteiger partial charge in [-0.25, -0.2) is 5.97 Å². The van der Waals surface area contributed by atoms with Crippen LogP contribution in [0.2, 0.25) is 0 Å². The quantitative estimate of drug-likeness (QED) is 0.384. The standard InChI is InChI=1S/C10H12BN2/c12-9-11-13-8-4-7-10-5-2-1-3-6-10/h5,13H,1-3,6,8H2/q-1. The molecular formula is C10H12BN2-. The number of hydrogen-bond acceptors (Lipinski definition) is 2. The second kappa shape index (κ2) is 6.34. The number of allylic oxidation sites excluding steroid dienone is 2. The highest BCUT2D eigenvalue weighted by molar-refractivity contribution is 6.42. The summed E-state index contributed by atoms with van der Waals surface area (Å²) in [5.41, 5.74) is 1.25. The second-order valence-corrected chi connectivity index (χ2v) is 2.93. The van der Waals surface area contributed by atoms with Gasteiger partial charge in [-0.1, -0.05) is 17.9 Å². The van der Waals surface area contributed by atoms with Crippen LogP contribution in [0, 0.1) is 23.1 Å². The van der Waals surface area contributed by atoms with Crippen molar-refractivity contribution in [1.82, 2.24) is 5.23 Å². The molecule has 0 saturated heterocycles. The van der Waals surface area contributed by atoms with Gasteiger partial charge in [0.1, 0.15) is 0 Å². The van der Waals surface area contributed by atoms with E-state index < -0.39 is 0 Å². The van der Waals surface area contributed by atoms with Crippen LogP contribution >= 0.6 is 0 Å². The lowest BCUT2D eigenvalue weighted by Gasteiger charge is -2.06. The predicted octanol–water partition coefficient (Wildman–Crippen LogP) is 1.18. The minimum atomic E-state index is 0.560. The van der Waals surface area contributed by atoms with Crippen molar-refractivity contribution in [2.24, 2.45) is 0 Å². The fourth-order valence-corrected chi connectivity index (χ4v) is 1.26. The van der Waals surface area contributed by atoms with Gasteiger partial charge in [0.25, 0.3) is 0 Å². The summed E-state index contributed by atoms with van der Waals surface area (Å²) in [6, 6.07) is 0. The molecule has 0 spiro atoms. The maximum absolute atomic E-state index is 8.19. The summed E-state index contributed by atoms with van der Waals surface area (Å²) in [7, 11) is 1.35. The topological polar surface area (TPSA) is 35.8 Å². The fraction of sp³-hybridized carbons (Fsp3) is 0.500. The normalized spacial score (nSPS) is 15.2. The van der Waals surface area contributed by atoms with Gasteiger partial charge in [0, 0.05) is 6.54 Å². The lowest BCUT2D eigenvalue weighted by atomic mass is 9.99. The molecule has 1 aliphatic carbocycles. The predicted molar refractivity (Wildman–Crippen MR) is 53.7 cm³/mol. The molecule has 0 aromatic rings. The Morgan fingerprint density at radius 2 is 2.46 bits per heavy atom. The van der Waals surface area contributed by atoms with E-state index in [0.29, 0.717) is 6.54 Å². The fourth-order valence-electron chi connectivity index (χ4n) is 1.26. The molecule has 1 aliphatic rings. The van der Waals surface area contributed by atoms with Crippen molar-refractivity contribution >= 4 is 7.41 Å². The summed E-state index contributed by atoms with van der Waals surface area (Å²) in [6.45, 7) is 0.560. The molecule has 0 heterocycles. The van der Waals surface area contributed by atoms with Gasteiger partial charge in [-0.2, -0.15) is 0 Å². The molecule has 0 atom stereocenters. The van der Waals surface area contributed by atoms with Crippen LogP contribution in [0.5, 0.6) is 0 Å². The Labute approximate surface area is 80.3 Å². The van der Waals surface area contributed by atoms with E-state index in [2.05, 4.69) is 23.1 Å². The van der Waals surface area contributed by atoms with Crippen molar-refractivity contribution in [2.75, 3.05) is 6.54 Å². The Bertz CT molecular complexity index is 278. The van der Waals surface area contributed by atoms with Crippen molar-refractivity contribution in [3.05, 3.63) is 11.6 Å². The molecule has 3 heteroatoms. The monoisotopic (exact) mass is 171 g/mol. The summed E-state index contributed by atoms with van der Waals surface area (Å²) in [4.78, 5) is 0. The number of nitrogens with zero attached hydrogens (tertiary/aromatic N) is 1. The molecule has 1 rings (SSSR count). The van der Waals surface area contributed by atoms with E-state index in [0.717, 1.165) is 6.42 Å². The van der Waals surface area contributed by atoms with Gasteiger partial charge < -0.3 is 5.23 Å². The van der Waals surface area contributed by atoms with Crippen LogP contribution in [-0.2, 0) is 0 Å². The summed E-state index contributed by atoms with van der Waals surface area (Å²) in [5, 5.41) is 11.0. The zero-order chi connectivity index (χ0) is 9.36. The third-order valence-corrected chi connectivity index (χ3v) is 1.90. The van der Waals surface area contributed by atoms with Crippen LogP contribution in [0.15, 0.2) is 11.6 Å². The Balaban J connectivity index is 2.22. The van der Waals surface area contributed by atoms with Gasteiger partial charge >= 0.3 is 0 Å². The molecule has 0 bridgehead atoms. The smallest absolute Gasteiger partial charge is 0.0193 e. The Kier molecular flexibility index (Phi) is 4.83. The summed E-state index contributed by atoms with van der Waals surface area (Å²) in [6.07, 6.45) is 7.06. The van der Waals surface area contributed by atoms with Gasteiger partial charge in [0.2, 0.25) is 0 Å². The van der Waals surface area contributed by atoms with E-state index in [1.807, 2.05) is 5.97 Å². The van der Waals surface area contributed by atoms with Crippen molar-refractivity contribution in [1.29, 1.82) is 5.26 Å². The lowest BCUT2D eigenvalue weighted by Crippen LogP contribution is -2.17. The Hall–Kier alpha value is -1.19. The average Bonchev–Trinajstić information content (AvgIpc) is 2.19. The molecule has 0 aromatic carbocycles. The molecule has 66 valence electrons. The molecule has 13 heavy (non-hydrogen) atoms. The van der Waals surface area contributed by atoms with Gasteiger partial charge in [-0.05, 0) is 31.3 Å². The van der Waals surface area contributed by atoms with E-state index >= 15 is 0 Å². The summed E-state index contributed by atoms with van der Waals surface area (Å²) in [5.74, 6) is 7.97. The molecule has 0 unspecified atom stereocenters. The molecule has 1 N–H and O–H groups in total.